The fraction of sp³-hybridized carbons (Fsp3) is 0.367. The van der Waals surface area contributed by atoms with E-state index in [1.165, 1.54) is 47.6 Å². The van der Waals surface area contributed by atoms with Gasteiger partial charge in [0.2, 0.25) is 0 Å². The summed E-state index contributed by atoms with van der Waals surface area (Å²) in [5, 5.41) is 2.39. The lowest BCUT2D eigenvalue weighted by atomic mass is 10.0. The largest absolute Gasteiger partial charge is 0.379 e. The number of allylic oxidation sites excluding steroid dienone is 2. The molecule has 1 unspecified atom stereocenters. The quantitative estimate of drug-likeness (QED) is 0.202. The minimum Gasteiger partial charge on any atom is -0.379 e. The van der Waals surface area contributed by atoms with Crippen LogP contribution in [-0.4, -0.2) is 17.7 Å². The second kappa shape index (κ2) is 13.0. The Morgan fingerprint density at radius 2 is 1.84 bits per heavy atom. The smallest absolute Gasteiger partial charge is 0.0708 e. The molecule has 1 heterocycles. The first kappa shape index (κ1) is 23.9. The van der Waals surface area contributed by atoms with Gasteiger partial charge in [0.25, 0.3) is 0 Å². The van der Waals surface area contributed by atoms with E-state index < -0.39 is 0 Å². The van der Waals surface area contributed by atoms with Crippen LogP contribution in [0.3, 0.4) is 0 Å². The first-order valence-electron chi connectivity index (χ1n) is 12.1. The van der Waals surface area contributed by atoms with Crippen molar-refractivity contribution in [3.63, 3.8) is 0 Å². The molecule has 1 aromatic heterocycles. The average Bonchev–Trinajstić information content (AvgIpc) is 2.82. The van der Waals surface area contributed by atoms with Gasteiger partial charge in [-0.1, -0.05) is 74.4 Å². The van der Waals surface area contributed by atoms with Crippen molar-refractivity contribution >= 4 is 16.8 Å². The predicted molar refractivity (Wildman–Crippen MR) is 139 cm³/mol. The molecule has 0 aliphatic rings. The van der Waals surface area contributed by atoms with Gasteiger partial charge >= 0.3 is 0 Å². The number of ether oxygens (including phenoxy) is 1. The Bertz CT molecular complexity index is 1000. The van der Waals surface area contributed by atoms with Crippen molar-refractivity contribution in [3.8, 4) is 11.3 Å². The standard InChI is InChI=1S/C30H37NO/c1-4-6-10-20-32-24(3)12-8-7-9-13-25-14-17-27(18-15-25)30-22-28-19-16-26(11-5-2)21-29(28)23-31-30/h5,9,13-19,21-24H,2,4,6-8,10-12,20H2,1,3H3. The summed E-state index contributed by atoms with van der Waals surface area (Å²) in [5.41, 5.74) is 4.66. The Morgan fingerprint density at radius 3 is 2.62 bits per heavy atom. The highest BCUT2D eigenvalue weighted by atomic mass is 16.5. The number of hydrogen-bond acceptors (Lipinski definition) is 2. The van der Waals surface area contributed by atoms with E-state index in [4.69, 9.17) is 4.74 Å². The Morgan fingerprint density at radius 1 is 1.00 bits per heavy atom. The fourth-order valence-electron chi connectivity index (χ4n) is 3.87. The van der Waals surface area contributed by atoms with Gasteiger partial charge in [0, 0.05) is 23.8 Å². The van der Waals surface area contributed by atoms with Gasteiger partial charge in [-0.2, -0.15) is 0 Å². The van der Waals surface area contributed by atoms with E-state index in [2.05, 4.69) is 86.1 Å². The van der Waals surface area contributed by atoms with Crippen LogP contribution in [0.25, 0.3) is 28.1 Å². The molecule has 168 valence electrons. The van der Waals surface area contributed by atoms with Crippen molar-refractivity contribution in [1.29, 1.82) is 0 Å². The fourth-order valence-corrected chi connectivity index (χ4v) is 3.87. The zero-order valence-corrected chi connectivity index (χ0v) is 19.7. The number of hydrogen-bond donors (Lipinski definition) is 0. The first-order valence-corrected chi connectivity index (χ1v) is 12.1. The van der Waals surface area contributed by atoms with Gasteiger partial charge in [-0.15, -0.1) is 6.58 Å². The second-order valence-electron chi connectivity index (χ2n) is 8.59. The molecule has 0 saturated carbocycles. The Balaban J connectivity index is 1.49. The molecule has 32 heavy (non-hydrogen) atoms. The molecule has 0 fully saturated rings. The van der Waals surface area contributed by atoms with Crippen molar-refractivity contribution in [1.82, 2.24) is 4.98 Å². The zero-order valence-electron chi connectivity index (χ0n) is 19.7. The van der Waals surface area contributed by atoms with Crippen molar-refractivity contribution in [2.75, 3.05) is 6.61 Å². The summed E-state index contributed by atoms with van der Waals surface area (Å²) in [6.45, 7) is 9.14. The summed E-state index contributed by atoms with van der Waals surface area (Å²) < 4.78 is 5.87. The van der Waals surface area contributed by atoms with Crippen LogP contribution in [0, 0.1) is 0 Å². The van der Waals surface area contributed by atoms with Crippen LogP contribution in [0.15, 0.2) is 73.5 Å². The molecule has 2 aromatic carbocycles. The number of aromatic nitrogens is 1. The van der Waals surface area contributed by atoms with Gasteiger partial charge in [-0.25, -0.2) is 0 Å². The molecule has 0 aliphatic heterocycles. The molecule has 0 saturated heterocycles. The lowest BCUT2D eigenvalue weighted by molar-refractivity contribution is 0.0566. The van der Waals surface area contributed by atoms with E-state index in [1.54, 1.807) is 0 Å². The van der Waals surface area contributed by atoms with Crippen molar-refractivity contribution in [2.45, 2.75) is 64.9 Å². The lowest BCUT2D eigenvalue weighted by Crippen LogP contribution is -2.08. The van der Waals surface area contributed by atoms with Gasteiger partial charge in [0.15, 0.2) is 0 Å². The van der Waals surface area contributed by atoms with Gasteiger partial charge in [-0.3, -0.25) is 4.98 Å². The topological polar surface area (TPSA) is 22.1 Å². The van der Waals surface area contributed by atoms with E-state index in [1.807, 2.05) is 12.3 Å². The lowest BCUT2D eigenvalue weighted by Gasteiger charge is -2.12. The van der Waals surface area contributed by atoms with Gasteiger partial charge in [0.05, 0.1) is 11.8 Å². The molecule has 0 spiro atoms. The van der Waals surface area contributed by atoms with E-state index in [9.17, 15) is 0 Å². The summed E-state index contributed by atoms with van der Waals surface area (Å²) in [6, 6.07) is 17.4. The highest BCUT2D eigenvalue weighted by Gasteiger charge is 2.03. The molecular formula is C30H37NO. The molecule has 2 heteroatoms. The SMILES string of the molecule is C=CCc1ccc2cc(-c3ccc(C=CCCCC(C)OCCCCC)cc3)ncc2c1. The van der Waals surface area contributed by atoms with Crippen LogP contribution in [0.2, 0.25) is 0 Å². The maximum absolute atomic E-state index is 5.87. The normalized spacial score (nSPS) is 12.4. The number of fused-ring (bicyclic) bond motifs is 1. The van der Waals surface area contributed by atoms with Gasteiger partial charge in [0.1, 0.15) is 0 Å². The zero-order chi connectivity index (χ0) is 22.6. The van der Waals surface area contributed by atoms with Crippen LogP contribution in [-0.2, 0) is 11.2 Å². The van der Waals surface area contributed by atoms with E-state index in [-0.39, 0.29) is 0 Å². The monoisotopic (exact) mass is 427 g/mol. The Hall–Kier alpha value is -2.71. The van der Waals surface area contributed by atoms with E-state index >= 15 is 0 Å². The molecule has 0 N–H and O–H groups in total. The number of rotatable bonds is 13. The molecule has 3 aromatic rings. The molecule has 0 radical (unpaired) electrons. The van der Waals surface area contributed by atoms with E-state index in [0.29, 0.717) is 6.10 Å². The first-order chi connectivity index (χ1) is 15.7. The van der Waals surface area contributed by atoms with Crippen LogP contribution in [0.4, 0.5) is 0 Å². The third-order valence-electron chi connectivity index (χ3n) is 5.81. The minimum atomic E-state index is 0.363. The summed E-state index contributed by atoms with van der Waals surface area (Å²) in [6.07, 6.45) is 16.7. The molecule has 2 nitrogen and oxygen atoms in total. The molecule has 0 amide bonds. The van der Waals surface area contributed by atoms with Crippen LogP contribution in [0.5, 0.6) is 0 Å². The van der Waals surface area contributed by atoms with Crippen molar-refractivity contribution in [2.24, 2.45) is 0 Å². The number of pyridine rings is 1. The maximum atomic E-state index is 5.87. The summed E-state index contributed by atoms with van der Waals surface area (Å²) in [7, 11) is 0. The summed E-state index contributed by atoms with van der Waals surface area (Å²) >= 11 is 0. The highest BCUT2D eigenvalue weighted by molar-refractivity contribution is 5.85. The molecule has 1 atom stereocenters. The molecule has 0 aliphatic carbocycles. The number of benzene rings is 2. The number of unbranched alkanes of at least 4 members (excludes halogenated alkanes) is 3. The maximum Gasteiger partial charge on any atom is 0.0708 e. The number of nitrogens with zero attached hydrogens (tertiary/aromatic N) is 1. The van der Waals surface area contributed by atoms with Crippen LogP contribution >= 0.6 is 0 Å². The predicted octanol–water partition coefficient (Wildman–Crippen LogP) is 8.41. The molecular weight excluding hydrogens is 390 g/mol. The van der Waals surface area contributed by atoms with Crippen LogP contribution in [0.1, 0.15) is 63.5 Å². The Labute approximate surface area is 194 Å². The highest BCUT2D eigenvalue weighted by Crippen LogP contribution is 2.24. The van der Waals surface area contributed by atoms with E-state index in [0.717, 1.165) is 37.1 Å². The molecule has 3 rings (SSSR count). The van der Waals surface area contributed by atoms with Crippen molar-refractivity contribution < 1.29 is 4.74 Å². The third-order valence-corrected chi connectivity index (χ3v) is 5.81. The summed E-state index contributed by atoms with van der Waals surface area (Å²) in [5.74, 6) is 0. The van der Waals surface area contributed by atoms with Gasteiger partial charge in [-0.05, 0) is 67.7 Å². The Kier molecular flexibility index (Phi) is 9.71. The summed E-state index contributed by atoms with van der Waals surface area (Å²) in [4.78, 5) is 4.69. The van der Waals surface area contributed by atoms with Crippen molar-refractivity contribution in [3.05, 3.63) is 84.6 Å². The molecule has 0 bridgehead atoms. The van der Waals surface area contributed by atoms with Crippen LogP contribution < -0.4 is 0 Å². The average molecular weight is 428 g/mol. The second-order valence-corrected chi connectivity index (χ2v) is 8.59. The third kappa shape index (κ3) is 7.46. The van der Waals surface area contributed by atoms with Gasteiger partial charge < -0.3 is 4.74 Å². The minimum absolute atomic E-state index is 0.363.